The van der Waals surface area contributed by atoms with Crippen LogP contribution in [0.4, 0.5) is 13.2 Å². The third kappa shape index (κ3) is 3.06. The van der Waals surface area contributed by atoms with Crippen molar-refractivity contribution in [1.29, 1.82) is 5.26 Å². The fraction of sp³-hybridized carbons (Fsp3) is 0.417. The van der Waals surface area contributed by atoms with Gasteiger partial charge in [0.05, 0.1) is 32.3 Å². The van der Waals surface area contributed by atoms with Crippen LogP contribution in [0.3, 0.4) is 0 Å². The molecule has 0 spiro atoms. The van der Waals surface area contributed by atoms with Crippen LogP contribution in [0.25, 0.3) is 0 Å². The number of methoxy groups -OCH3 is 2. The fourth-order valence-corrected chi connectivity index (χ4v) is 1.60. The van der Waals surface area contributed by atoms with Gasteiger partial charge in [-0.05, 0) is 18.1 Å². The zero-order chi connectivity index (χ0) is 13.8. The number of hydrogen-bond donors (Lipinski definition) is 0. The Morgan fingerprint density at radius 1 is 1.33 bits per heavy atom. The molecular weight excluding hydrogens is 247 g/mol. The van der Waals surface area contributed by atoms with E-state index >= 15 is 0 Å². The van der Waals surface area contributed by atoms with Gasteiger partial charge in [-0.1, -0.05) is 6.08 Å². The molecule has 0 atom stereocenters. The summed E-state index contributed by atoms with van der Waals surface area (Å²) in [4.78, 5) is 0. The third-order valence-electron chi connectivity index (χ3n) is 2.43. The van der Waals surface area contributed by atoms with Crippen molar-refractivity contribution in [2.45, 2.75) is 19.0 Å². The average molecular weight is 259 g/mol. The van der Waals surface area contributed by atoms with Crippen LogP contribution >= 0.6 is 0 Å². The first kappa shape index (κ1) is 14.2. The summed E-state index contributed by atoms with van der Waals surface area (Å²) in [7, 11) is 2.41. The Labute approximate surface area is 103 Å². The van der Waals surface area contributed by atoms with Crippen molar-refractivity contribution < 1.29 is 22.6 Å². The minimum Gasteiger partial charge on any atom is -0.493 e. The van der Waals surface area contributed by atoms with E-state index in [0.717, 1.165) is 7.11 Å². The Kier molecular flexibility index (Phi) is 4.43. The zero-order valence-electron chi connectivity index (χ0n) is 9.97. The van der Waals surface area contributed by atoms with Crippen molar-refractivity contribution in [2.75, 3.05) is 14.2 Å². The van der Waals surface area contributed by atoms with E-state index in [1.165, 1.54) is 19.3 Å². The Bertz CT molecular complexity index is 453. The maximum atomic E-state index is 12.9. The van der Waals surface area contributed by atoms with Crippen LogP contribution in [0.2, 0.25) is 0 Å². The maximum absolute atomic E-state index is 12.9. The molecule has 0 aromatic carbocycles. The molecule has 0 saturated heterocycles. The van der Waals surface area contributed by atoms with Gasteiger partial charge in [-0.3, -0.25) is 0 Å². The maximum Gasteiger partial charge on any atom is 0.416 e. The van der Waals surface area contributed by atoms with E-state index in [2.05, 4.69) is 0 Å². The highest BCUT2D eigenvalue weighted by atomic mass is 19.4. The summed E-state index contributed by atoms with van der Waals surface area (Å²) in [6, 6.07) is 1.89. The fourth-order valence-electron chi connectivity index (χ4n) is 1.60. The average Bonchev–Trinajstić information content (AvgIpc) is 2.47. The van der Waals surface area contributed by atoms with E-state index in [1.807, 2.05) is 6.07 Å². The van der Waals surface area contributed by atoms with Crippen molar-refractivity contribution in [2.24, 2.45) is 0 Å². The van der Waals surface area contributed by atoms with Gasteiger partial charge in [-0.2, -0.15) is 18.4 Å². The van der Waals surface area contributed by atoms with Gasteiger partial charge in [0, 0.05) is 0 Å². The molecule has 0 radical (unpaired) electrons. The lowest BCUT2D eigenvalue weighted by Gasteiger charge is -2.16. The number of rotatable bonds is 3. The standard InChI is InChI=1S/C12H12F3NO2/c1-17-10-7-8(5-6-16)3-4-9(11(10)18-2)12(13,14)15/h3,7H,4-5H2,1-2H3. The van der Waals surface area contributed by atoms with Gasteiger partial charge in [-0.25, -0.2) is 0 Å². The van der Waals surface area contributed by atoms with Gasteiger partial charge >= 0.3 is 6.18 Å². The van der Waals surface area contributed by atoms with Gasteiger partial charge in [0.25, 0.3) is 0 Å². The van der Waals surface area contributed by atoms with Crippen LogP contribution in [-0.4, -0.2) is 20.4 Å². The largest absolute Gasteiger partial charge is 0.493 e. The van der Waals surface area contributed by atoms with Crippen LogP contribution in [0.5, 0.6) is 0 Å². The number of nitriles is 1. The summed E-state index contributed by atoms with van der Waals surface area (Å²) in [6.07, 6.45) is -2.07. The van der Waals surface area contributed by atoms with Crippen molar-refractivity contribution in [3.63, 3.8) is 0 Å². The summed E-state index contributed by atoms with van der Waals surface area (Å²) in [5.74, 6) is -0.363. The van der Waals surface area contributed by atoms with Crippen molar-refractivity contribution in [3.8, 4) is 6.07 Å². The molecule has 0 bridgehead atoms. The topological polar surface area (TPSA) is 42.2 Å². The first-order chi connectivity index (χ1) is 8.43. The number of alkyl halides is 3. The quantitative estimate of drug-likeness (QED) is 0.781. The van der Waals surface area contributed by atoms with E-state index in [-0.39, 0.29) is 24.4 Å². The second-order valence-electron chi connectivity index (χ2n) is 3.54. The highest BCUT2D eigenvalue weighted by Crippen LogP contribution is 2.36. The van der Waals surface area contributed by atoms with E-state index in [0.29, 0.717) is 5.57 Å². The van der Waals surface area contributed by atoms with Crippen molar-refractivity contribution >= 4 is 0 Å². The van der Waals surface area contributed by atoms with Crippen LogP contribution in [0.1, 0.15) is 12.8 Å². The van der Waals surface area contributed by atoms with Gasteiger partial charge in [0.1, 0.15) is 0 Å². The molecule has 0 amide bonds. The molecule has 18 heavy (non-hydrogen) atoms. The molecule has 1 aliphatic carbocycles. The van der Waals surface area contributed by atoms with E-state index in [1.54, 1.807) is 0 Å². The predicted molar refractivity (Wildman–Crippen MR) is 58.1 cm³/mol. The second-order valence-corrected chi connectivity index (χ2v) is 3.54. The molecule has 1 rings (SSSR count). The summed E-state index contributed by atoms with van der Waals surface area (Å²) in [6.45, 7) is 0. The Hall–Kier alpha value is -1.90. The molecule has 0 aliphatic heterocycles. The lowest BCUT2D eigenvalue weighted by Crippen LogP contribution is -2.15. The second kappa shape index (κ2) is 5.63. The molecule has 1 aliphatic rings. The molecular formula is C12H12F3NO2. The van der Waals surface area contributed by atoms with Gasteiger partial charge in [0.2, 0.25) is 0 Å². The molecule has 3 nitrogen and oxygen atoms in total. The summed E-state index contributed by atoms with van der Waals surface area (Å²) < 4.78 is 48.3. The summed E-state index contributed by atoms with van der Waals surface area (Å²) >= 11 is 0. The molecule has 0 saturated carbocycles. The Morgan fingerprint density at radius 3 is 2.44 bits per heavy atom. The minimum atomic E-state index is -4.50. The van der Waals surface area contributed by atoms with E-state index in [4.69, 9.17) is 14.7 Å². The number of ether oxygens (including phenoxy) is 2. The van der Waals surface area contributed by atoms with Crippen LogP contribution < -0.4 is 0 Å². The third-order valence-corrected chi connectivity index (χ3v) is 2.43. The minimum absolute atomic E-state index is 0.0228. The molecule has 98 valence electrons. The molecule has 0 fully saturated rings. The van der Waals surface area contributed by atoms with Crippen molar-refractivity contribution in [1.82, 2.24) is 0 Å². The van der Waals surface area contributed by atoms with Gasteiger partial charge < -0.3 is 9.47 Å². The molecule has 0 heterocycles. The number of nitrogens with zero attached hydrogens (tertiary/aromatic N) is 1. The monoisotopic (exact) mass is 259 g/mol. The Balaban J connectivity index is 3.29. The molecule has 0 aromatic rings. The van der Waals surface area contributed by atoms with Gasteiger partial charge in [0.15, 0.2) is 11.5 Å². The normalized spacial score (nSPS) is 16.4. The SMILES string of the molecule is COC1=CC(CC#N)=CCC(C(F)(F)F)=C1OC. The molecule has 0 N–H and O–H groups in total. The van der Waals surface area contributed by atoms with Crippen LogP contribution in [0.15, 0.2) is 34.8 Å². The summed E-state index contributed by atoms with van der Waals surface area (Å²) in [5, 5.41) is 8.59. The lowest BCUT2D eigenvalue weighted by atomic mass is 10.1. The number of hydrogen-bond acceptors (Lipinski definition) is 3. The lowest BCUT2D eigenvalue weighted by molar-refractivity contribution is -0.0964. The molecule has 0 unspecified atom stereocenters. The highest BCUT2D eigenvalue weighted by Gasteiger charge is 2.38. The first-order valence-corrected chi connectivity index (χ1v) is 5.10. The smallest absolute Gasteiger partial charge is 0.416 e. The van der Waals surface area contributed by atoms with E-state index in [9.17, 15) is 13.2 Å². The van der Waals surface area contributed by atoms with Gasteiger partial charge in [-0.15, -0.1) is 0 Å². The predicted octanol–water partition coefficient (Wildman–Crippen LogP) is 3.22. The van der Waals surface area contributed by atoms with E-state index < -0.39 is 11.7 Å². The number of allylic oxidation sites excluding steroid dienone is 4. The highest BCUT2D eigenvalue weighted by molar-refractivity contribution is 5.40. The number of halogens is 3. The molecule has 0 aromatic heterocycles. The first-order valence-electron chi connectivity index (χ1n) is 5.10. The molecule has 6 heteroatoms. The van der Waals surface area contributed by atoms with Crippen molar-refractivity contribution in [3.05, 3.63) is 34.8 Å². The van der Waals surface area contributed by atoms with Crippen LogP contribution in [0, 0.1) is 11.3 Å². The zero-order valence-corrected chi connectivity index (χ0v) is 9.97. The summed E-state index contributed by atoms with van der Waals surface area (Å²) in [5.41, 5.74) is -0.339. The Morgan fingerprint density at radius 2 is 2.00 bits per heavy atom. The van der Waals surface area contributed by atoms with Crippen LogP contribution in [-0.2, 0) is 9.47 Å².